The van der Waals surface area contributed by atoms with Gasteiger partial charge in [-0.1, -0.05) is 30.0 Å². The minimum Gasteiger partial charge on any atom is -0.463 e. The van der Waals surface area contributed by atoms with Gasteiger partial charge in [0.25, 0.3) is 0 Å². The number of carbonyl (C=O) groups is 3. The lowest BCUT2D eigenvalue weighted by molar-refractivity contribution is -0.216. The highest BCUT2D eigenvalue weighted by Gasteiger charge is 2.51. The quantitative estimate of drug-likeness (QED) is 0.531. The highest BCUT2D eigenvalue weighted by molar-refractivity contribution is 7.99. The fraction of sp³-hybridized carbons (Fsp3) is 0.500. The zero-order valence-corrected chi connectivity index (χ0v) is 15.9. The number of esters is 3. The summed E-state index contributed by atoms with van der Waals surface area (Å²) in [6.45, 7) is 3.19. The summed E-state index contributed by atoms with van der Waals surface area (Å²) in [5, 5.41) is 0. The molecule has 148 valence electrons. The van der Waals surface area contributed by atoms with Gasteiger partial charge in [0.1, 0.15) is 18.1 Å². The van der Waals surface area contributed by atoms with Crippen molar-refractivity contribution in [2.45, 2.75) is 55.6 Å². The molecule has 1 aliphatic rings. The van der Waals surface area contributed by atoms with Crippen LogP contribution in [0, 0.1) is 0 Å². The van der Waals surface area contributed by atoms with Crippen LogP contribution >= 0.6 is 11.8 Å². The second-order valence-electron chi connectivity index (χ2n) is 5.87. The van der Waals surface area contributed by atoms with Gasteiger partial charge in [-0.2, -0.15) is 0 Å². The predicted octanol–water partition coefficient (Wildman–Crippen LogP) is 2.27. The normalized spacial score (nSPS) is 27.5. The van der Waals surface area contributed by atoms with Gasteiger partial charge < -0.3 is 18.9 Å². The first-order valence-electron chi connectivity index (χ1n) is 8.27. The Bertz CT molecular complexity index is 667. The molecule has 27 heavy (non-hydrogen) atoms. The van der Waals surface area contributed by atoms with E-state index < -0.39 is 47.8 Å². The fourth-order valence-electron chi connectivity index (χ4n) is 2.58. The Hall–Kier alpha value is -2.13. The Labute approximate surface area is 160 Å². The second-order valence-corrected chi connectivity index (χ2v) is 7.04. The molecule has 0 spiro atoms. The van der Waals surface area contributed by atoms with Crippen molar-refractivity contribution in [3.63, 3.8) is 0 Å². The molecule has 1 heterocycles. The van der Waals surface area contributed by atoms with Gasteiger partial charge >= 0.3 is 17.9 Å². The van der Waals surface area contributed by atoms with E-state index in [1.165, 1.54) is 6.92 Å². The molecule has 2 unspecified atom stereocenters. The summed E-state index contributed by atoms with van der Waals surface area (Å²) in [5.74, 6) is -2.00. The van der Waals surface area contributed by atoms with E-state index in [1.807, 2.05) is 6.07 Å². The molecule has 0 saturated carbocycles. The van der Waals surface area contributed by atoms with Crippen LogP contribution in [0.2, 0.25) is 0 Å². The van der Waals surface area contributed by atoms with Crippen molar-refractivity contribution >= 4 is 29.7 Å². The number of hydrogen-bond acceptors (Lipinski definition) is 8. The Balaban J connectivity index is 2.27. The van der Waals surface area contributed by atoms with Gasteiger partial charge in [0, 0.05) is 25.7 Å². The summed E-state index contributed by atoms with van der Waals surface area (Å²) < 4.78 is 36.1. The van der Waals surface area contributed by atoms with Crippen LogP contribution < -0.4 is 0 Å². The van der Waals surface area contributed by atoms with E-state index in [0.29, 0.717) is 0 Å². The predicted molar refractivity (Wildman–Crippen MR) is 93.6 cm³/mol. The smallest absolute Gasteiger partial charge is 0.303 e. The molecule has 2 rings (SSSR count). The minimum absolute atomic E-state index is 0.299. The van der Waals surface area contributed by atoms with Crippen LogP contribution in [0.4, 0.5) is 4.39 Å². The lowest BCUT2D eigenvalue weighted by atomic mass is 10.0. The maximum Gasteiger partial charge on any atom is 0.303 e. The average Bonchev–Trinajstić information content (AvgIpc) is 2.59. The molecule has 0 bridgehead atoms. The second kappa shape index (κ2) is 9.70. The number of hydrogen-bond donors (Lipinski definition) is 0. The molecule has 0 aromatic heterocycles. The van der Waals surface area contributed by atoms with Crippen LogP contribution in [0.1, 0.15) is 20.8 Å². The van der Waals surface area contributed by atoms with Crippen LogP contribution in [0.5, 0.6) is 0 Å². The third-order valence-corrected chi connectivity index (χ3v) is 4.78. The van der Waals surface area contributed by atoms with Gasteiger partial charge in [-0.15, -0.1) is 0 Å². The first-order chi connectivity index (χ1) is 12.8. The van der Waals surface area contributed by atoms with Crippen molar-refractivity contribution in [3.05, 3.63) is 30.3 Å². The van der Waals surface area contributed by atoms with Crippen LogP contribution in [0.3, 0.4) is 0 Å². The summed E-state index contributed by atoms with van der Waals surface area (Å²) in [6, 6.07) is 9.03. The molecule has 7 nitrogen and oxygen atoms in total. The molecule has 0 amide bonds. The maximum absolute atomic E-state index is 15.2. The molecular formula is C18H21FO7S. The van der Waals surface area contributed by atoms with Crippen molar-refractivity contribution in [2.75, 3.05) is 6.61 Å². The molecule has 1 saturated heterocycles. The van der Waals surface area contributed by atoms with E-state index in [4.69, 9.17) is 18.9 Å². The number of thioether (sulfide) groups is 1. The number of benzene rings is 1. The summed E-state index contributed by atoms with van der Waals surface area (Å²) in [4.78, 5) is 34.7. The van der Waals surface area contributed by atoms with E-state index in [0.717, 1.165) is 30.5 Å². The molecule has 0 radical (unpaired) electrons. The first-order valence-corrected chi connectivity index (χ1v) is 9.15. The maximum atomic E-state index is 15.2. The third-order valence-electron chi connectivity index (χ3n) is 3.62. The van der Waals surface area contributed by atoms with Gasteiger partial charge in [-0.05, 0) is 12.1 Å². The van der Waals surface area contributed by atoms with Crippen molar-refractivity contribution in [2.24, 2.45) is 0 Å². The van der Waals surface area contributed by atoms with Crippen LogP contribution in [-0.2, 0) is 33.3 Å². The molecule has 0 aliphatic carbocycles. The zero-order valence-electron chi connectivity index (χ0n) is 15.1. The SMILES string of the molecule is CC(=O)OC[C@H]1O[C@@H](Sc2ccccc2)C(OC(C)=O)[C@@H](F)C1OC(C)=O. The summed E-state index contributed by atoms with van der Waals surface area (Å²) in [5.41, 5.74) is -0.918. The number of rotatable bonds is 6. The van der Waals surface area contributed by atoms with E-state index in [-0.39, 0.29) is 6.61 Å². The Morgan fingerprint density at radius 2 is 1.59 bits per heavy atom. The standard InChI is InChI=1S/C18H21FO7S/c1-10(20)23-9-14-16(24-11(2)21)15(19)17(25-12(3)22)18(26-14)27-13-7-5-4-6-8-13/h4-8,14-18H,9H2,1-3H3/t14-,15+,16?,17?,18+/m1/s1. The summed E-state index contributed by atoms with van der Waals surface area (Å²) in [7, 11) is 0. The van der Waals surface area contributed by atoms with Crippen LogP contribution in [0.15, 0.2) is 35.2 Å². The van der Waals surface area contributed by atoms with E-state index in [1.54, 1.807) is 24.3 Å². The average molecular weight is 400 g/mol. The highest BCUT2D eigenvalue weighted by Crippen LogP contribution is 2.37. The van der Waals surface area contributed by atoms with Crippen LogP contribution in [-0.4, -0.2) is 54.4 Å². The molecule has 1 aromatic rings. The van der Waals surface area contributed by atoms with Gasteiger partial charge in [0.15, 0.2) is 18.4 Å². The number of alkyl halides is 1. The minimum atomic E-state index is -1.85. The summed E-state index contributed by atoms with van der Waals surface area (Å²) >= 11 is 1.16. The monoisotopic (exact) mass is 400 g/mol. The number of ether oxygens (including phenoxy) is 4. The number of halogens is 1. The summed E-state index contributed by atoms with van der Waals surface area (Å²) in [6.07, 6.45) is -5.57. The van der Waals surface area contributed by atoms with Crippen molar-refractivity contribution in [1.29, 1.82) is 0 Å². The third kappa shape index (κ3) is 6.21. The Kier molecular flexibility index (Phi) is 7.61. The Morgan fingerprint density at radius 1 is 1.00 bits per heavy atom. The van der Waals surface area contributed by atoms with Crippen molar-refractivity contribution in [3.8, 4) is 0 Å². The van der Waals surface area contributed by atoms with E-state index in [2.05, 4.69) is 0 Å². The molecule has 9 heteroatoms. The Morgan fingerprint density at radius 3 is 2.15 bits per heavy atom. The number of carbonyl (C=O) groups excluding carboxylic acids is 3. The molecule has 1 aliphatic heterocycles. The molecule has 1 fully saturated rings. The van der Waals surface area contributed by atoms with Gasteiger partial charge in [-0.25, -0.2) is 4.39 Å². The fourth-order valence-corrected chi connectivity index (χ4v) is 3.70. The van der Waals surface area contributed by atoms with E-state index in [9.17, 15) is 14.4 Å². The molecule has 5 atom stereocenters. The highest BCUT2D eigenvalue weighted by atomic mass is 32.2. The van der Waals surface area contributed by atoms with Crippen molar-refractivity contribution in [1.82, 2.24) is 0 Å². The molecule has 0 N–H and O–H groups in total. The first kappa shape index (κ1) is 21.2. The van der Waals surface area contributed by atoms with Gasteiger partial charge in [0.2, 0.25) is 0 Å². The van der Waals surface area contributed by atoms with Gasteiger partial charge in [0.05, 0.1) is 0 Å². The van der Waals surface area contributed by atoms with Gasteiger partial charge in [-0.3, -0.25) is 14.4 Å². The van der Waals surface area contributed by atoms with Crippen LogP contribution in [0.25, 0.3) is 0 Å². The van der Waals surface area contributed by atoms with E-state index >= 15 is 4.39 Å². The lowest BCUT2D eigenvalue weighted by Gasteiger charge is -2.41. The molecular weight excluding hydrogens is 379 g/mol. The lowest BCUT2D eigenvalue weighted by Crippen LogP contribution is -2.58. The topological polar surface area (TPSA) is 88.1 Å². The zero-order chi connectivity index (χ0) is 20.0. The largest absolute Gasteiger partial charge is 0.463 e. The molecule has 1 aromatic carbocycles. The van der Waals surface area contributed by atoms with Crippen molar-refractivity contribution < 1.29 is 37.7 Å².